The van der Waals surface area contributed by atoms with Gasteiger partial charge in [0.1, 0.15) is 0 Å². The third-order valence-electron chi connectivity index (χ3n) is 3.16. The van der Waals surface area contributed by atoms with E-state index in [1.807, 2.05) is 30.4 Å². The number of nitrogens with one attached hydrogen (secondary N) is 1. The Labute approximate surface area is 116 Å². The molecule has 19 heavy (non-hydrogen) atoms. The average Bonchev–Trinajstić information content (AvgIpc) is 2.41. The highest BCUT2D eigenvalue weighted by Crippen LogP contribution is 2.36. The van der Waals surface area contributed by atoms with Gasteiger partial charge < -0.3 is 10.4 Å². The number of anilines is 1. The van der Waals surface area contributed by atoms with Gasteiger partial charge in [-0.05, 0) is 29.7 Å². The number of fused-ring (bicyclic) bond motifs is 1. The van der Waals surface area contributed by atoms with E-state index in [1.165, 1.54) is 6.21 Å². The molecule has 0 fully saturated rings. The topological polar surface area (TPSA) is 44.6 Å². The Morgan fingerprint density at radius 2 is 2.26 bits per heavy atom. The quantitative estimate of drug-likeness (QED) is 0.820. The maximum absolute atomic E-state index is 9.52. The van der Waals surface area contributed by atoms with Gasteiger partial charge in [0.2, 0.25) is 0 Å². The van der Waals surface area contributed by atoms with Crippen molar-refractivity contribution < 1.29 is 5.11 Å². The first kappa shape index (κ1) is 12.2. The zero-order valence-electron chi connectivity index (χ0n) is 10.2. The van der Waals surface area contributed by atoms with Gasteiger partial charge in [-0.3, -0.25) is 4.99 Å². The van der Waals surface area contributed by atoms with Gasteiger partial charge in [-0.1, -0.05) is 36.4 Å². The molecule has 2 N–H and O–H groups in total. The molecular weight excluding hydrogens is 260 g/mol. The number of hydrogen-bond donors (Lipinski definition) is 2. The Hall–Kier alpha value is -1.84. The Balaban J connectivity index is 2.06. The second-order valence-corrected chi connectivity index (χ2v) is 4.91. The van der Waals surface area contributed by atoms with Crippen LogP contribution in [-0.2, 0) is 0 Å². The molecule has 1 atom stereocenters. The highest BCUT2D eigenvalue weighted by atomic mass is 35.5. The van der Waals surface area contributed by atoms with E-state index in [0.29, 0.717) is 5.03 Å². The standard InChI is InChI=1S/C15H13ClN2O/c1-9-3-2-4-11(15(9)16)10-5-6-12-13(7-10)18-14(19)8-17-12/h2,4-8,14,18-19H,1,3H2. The fourth-order valence-electron chi connectivity index (χ4n) is 2.17. The van der Waals surface area contributed by atoms with Gasteiger partial charge in [0.25, 0.3) is 0 Å². The van der Waals surface area contributed by atoms with E-state index in [9.17, 15) is 5.11 Å². The molecule has 0 bridgehead atoms. The monoisotopic (exact) mass is 272 g/mol. The van der Waals surface area contributed by atoms with Crippen LogP contribution in [0.4, 0.5) is 11.4 Å². The summed E-state index contributed by atoms with van der Waals surface area (Å²) < 4.78 is 0. The van der Waals surface area contributed by atoms with E-state index >= 15 is 0 Å². The van der Waals surface area contributed by atoms with Crippen molar-refractivity contribution in [2.75, 3.05) is 5.32 Å². The van der Waals surface area contributed by atoms with Crippen LogP contribution in [0.5, 0.6) is 0 Å². The van der Waals surface area contributed by atoms with Crippen molar-refractivity contribution in [1.82, 2.24) is 0 Å². The molecule has 96 valence electrons. The molecule has 0 aromatic heterocycles. The largest absolute Gasteiger partial charge is 0.369 e. The van der Waals surface area contributed by atoms with Gasteiger partial charge >= 0.3 is 0 Å². The molecule has 1 aliphatic carbocycles. The predicted octanol–water partition coefficient (Wildman–Crippen LogP) is 3.60. The summed E-state index contributed by atoms with van der Waals surface area (Å²) in [5.74, 6) is 0. The third-order valence-corrected chi connectivity index (χ3v) is 3.63. The van der Waals surface area contributed by atoms with Crippen molar-refractivity contribution in [3.8, 4) is 0 Å². The fourth-order valence-corrected chi connectivity index (χ4v) is 2.42. The van der Waals surface area contributed by atoms with Crippen molar-refractivity contribution in [3.05, 3.63) is 53.1 Å². The van der Waals surface area contributed by atoms with Crippen LogP contribution in [-0.4, -0.2) is 17.5 Å². The first-order valence-electron chi connectivity index (χ1n) is 6.03. The highest BCUT2D eigenvalue weighted by Gasteiger charge is 2.15. The molecule has 0 amide bonds. The summed E-state index contributed by atoms with van der Waals surface area (Å²) in [6, 6.07) is 5.81. The number of benzene rings is 1. The Kier molecular flexibility index (Phi) is 3.01. The molecule has 4 heteroatoms. The molecule has 1 aromatic carbocycles. The summed E-state index contributed by atoms with van der Waals surface area (Å²) in [5.41, 5.74) is 4.46. The second kappa shape index (κ2) is 4.68. The minimum absolute atomic E-state index is 0.697. The van der Waals surface area contributed by atoms with E-state index in [2.05, 4.69) is 16.9 Å². The zero-order valence-corrected chi connectivity index (χ0v) is 11.0. The molecule has 0 saturated carbocycles. The predicted molar refractivity (Wildman–Crippen MR) is 79.9 cm³/mol. The molecule has 1 heterocycles. The Morgan fingerprint density at radius 3 is 3.11 bits per heavy atom. The number of aliphatic imine (C=N–C) groups is 1. The van der Waals surface area contributed by atoms with E-state index in [-0.39, 0.29) is 0 Å². The van der Waals surface area contributed by atoms with Crippen LogP contribution in [0.25, 0.3) is 5.57 Å². The normalized spacial score (nSPS) is 21.4. The zero-order chi connectivity index (χ0) is 13.4. The summed E-state index contributed by atoms with van der Waals surface area (Å²) >= 11 is 6.31. The fraction of sp³-hybridized carbons (Fsp3) is 0.133. The molecule has 1 aliphatic heterocycles. The Morgan fingerprint density at radius 1 is 1.42 bits per heavy atom. The van der Waals surface area contributed by atoms with Crippen molar-refractivity contribution in [1.29, 1.82) is 0 Å². The second-order valence-electron chi connectivity index (χ2n) is 4.54. The molecule has 0 spiro atoms. The summed E-state index contributed by atoms with van der Waals surface area (Å²) in [6.45, 7) is 3.95. The number of nitrogens with zero attached hydrogens (tertiary/aromatic N) is 1. The summed E-state index contributed by atoms with van der Waals surface area (Å²) in [6.07, 6.45) is 5.56. The average molecular weight is 273 g/mol. The first-order chi connectivity index (χ1) is 9.15. The van der Waals surface area contributed by atoms with Crippen LogP contribution in [0.2, 0.25) is 0 Å². The van der Waals surface area contributed by atoms with Crippen LogP contribution >= 0.6 is 11.6 Å². The SMILES string of the molecule is C=C1CC=CC(c2ccc3c(c2)NC(O)C=N3)=C1Cl. The van der Waals surface area contributed by atoms with Crippen molar-refractivity contribution in [2.45, 2.75) is 12.6 Å². The summed E-state index contributed by atoms with van der Waals surface area (Å²) in [7, 11) is 0. The maximum Gasteiger partial charge on any atom is 0.161 e. The van der Waals surface area contributed by atoms with Crippen LogP contribution in [0.1, 0.15) is 12.0 Å². The van der Waals surface area contributed by atoms with Crippen LogP contribution < -0.4 is 5.32 Å². The van der Waals surface area contributed by atoms with Crippen LogP contribution in [0, 0.1) is 0 Å². The maximum atomic E-state index is 9.52. The van der Waals surface area contributed by atoms with Gasteiger partial charge in [-0.25, -0.2) is 0 Å². The first-order valence-corrected chi connectivity index (χ1v) is 6.40. The number of halogens is 1. The molecule has 3 rings (SSSR count). The number of rotatable bonds is 1. The molecule has 3 nitrogen and oxygen atoms in total. The molecule has 0 radical (unpaired) electrons. The van der Waals surface area contributed by atoms with Gasteiger partial charge in [0.15, 0.2) is 6.23 Å². The third kappa shape index (κ3) is 2.23. The highest BCUT2D eigenvalue weighted by molar-refractivity contribution is 6.35. The lowest BCUT2D eigenvalue weighted by Gasteiger charge is -2.19. The van der Waals surface area contributed by atoms with Crippen LogP contribution in [0.3, 0.4) is 0 Å². The lowest BCUT2D eigenvalue weighted by atomic mass is 9.96. The van der Waals surface area contributed by atoms with Crippen molar-refractivity contribution in [2.24, 2.45) is 4.99 Å². The van der Waals surface area contributed by atoms with Gasteiger partial charge in [0, 0.05) is 5.57 Å². The van der Waals surface area contributed by atoms with Crippen LogP contribution in [0.15, 0.2) is 52.5 Å². The Bertz CT molecular complexity index is 644. The van der Waals surface area contributed by atoms with E-state index < -0.39 is 6.23 Å². The lowest BCUT2D eigenvalue weighted by molar-refractivity contribution is 0.274. The van der Waals surface area contributed by atoms with E-state index in [0.717, 1.165) is 34.5 Å². The number of allylic oxidation sites excluding steroid dienone is 5. The van der Waals surface area contributed by atoms with Gasteiger partial charge in [-0.15, -0.1) is 0 Å². The number of aliphatic hydroxyl groups excluding tert-OH is 1. The minimum atomic E-state index is -0.746. The summed E-state index contributed by atoms with van der Waals surface area (Å²) in [5, 5.41) is 13.2. The smallest absolute Gasteiger partial charge is 0.161 e. The number of hydrogen-bond acceptors (Lipinski definition) is 3. The van der Waals surface area contributed by atoms with E-state index in [1.54, 1.807) is 0 Å². The minimum Gasteiger partial charge on any atom is -0.369 e. The summed E-state index contributed by atoms with van der Waals surface area (Å²) in [4.78, 5) is 4.17. The molecule has 1 unspecified atom stereocenters. The van der Waals surface area contributed by atoms with Crippen molar-refractivity contribution >= 4 is 34.8 Å². The molecule has 2 aliphatic rings. The van der Waals surface area contributed by atoms with E-state index in [4.69, 9.17) is 11.6 Å². The number of aliphatic hydroxyl groups is 1. The molecule has 1 aromatic rings. The molecular formula is C15H13ClN2O. The molecule has 0 saturated heterocycles. The van der Waals surface area contributed by atoms with Gasteiger partial charge in [-0.2, -0.15) is 0 Å². The van der Waals surface area contributed by atoms with Gasteiger partial charge in [0.05, 0.1) is 22.6 Å². The lowest BCUT2D eigenvalue weighted by Crippen LogP contribution is -2.22. The van der Waals surface area contributed by atoms with Crippen molar-refractivity contribution in [3.63, 3.8) is 0 Å².